The molecule has 0 radical (unpaired) electrons. The van der Waals surface area contributed by atoms with Gasteiger partial charge >= 0.3 is 0 Å². The van der Waals surface area contributed by atoms with Crippen LogP contribution in [0.15, 0.2) is 12.2 Å². The Balaban J connectivity index is 1.19. The summed E-state index contributed by atoms with van der Waals surface area (Å²) in [5.74, 6) is 2.86. The average Bonchev–Trinajstić information content (AvgIpc) is 3.20. The maximum Gasteiger partial charge on any atom is 0.127 e. The van der Waals surface area contributed by atoms with Gasteiger partial charge in [-0.15, -0.1) is 0 Å². The quantitative estimate of drug-likeness (QED) is 0.401. The molecule has 4 heteroatoms. The molecular formula is C19H36N3O+3. The van der Waals surface area contributed by atoms with Gasteiger partial charge in [-0.25, -0.2) is 0 Å². The summed E-state index contributed by atoms with van der Waals surface area (Å²) in [7, 11) is 0. The van der Waals surface area contributed by atoms with Crippen LogP contribution in [0.4, 0.5) is 0 Å². The summed E-state index contributed by atoms with van der Waals surface area (Å²) >= 11 is 0. The van der Waals surface area contributed by atoms with Gasteiger partial charge < -0.3 is 19.8 Å². The second kappa shape index (κ2) is 7.22. The summed E-state index contributed by atoms with van der Waals surface area (Å²) in [4.78, 5) is 5.38. The number of rotatable bonds is 5. The Hall–Kier alpha value is -0.420. The summed E-state index contributed by atoms with van der Waals surface area (Å²) in [5.41, 5.74) is 0. The van der Waals surface area contributed by atoms with Crippen LogP contribution in [-0.2, 0) is 0 Å². The third-order valence-electron chi connectivity index (χ3n) is 7.30. The van der Waals surface area contributed by atoms with Gasteiger partial charge in [0.05, 0.1) is 32.3 Å². The van der Waals surface area contributed by atoms with Gasteiger partial charge in [0.25, 0.3) is 0 Å². The lowest BCUT2D eigenvalue weighted by molar-refractivity contribution is -1.03. The Kier molecular flexibility index (Phi) is 5.04. The van der Waals surface area contributed by atoms with Crippen molar-refractivity contribution in [2.75, 3.05) is 59.0 Å². The molecule has 2 bridgehead atoms. The highest BCUT2D eigenvalue weighted by Crippen LogP contribution is 2.42. The monoisotopic (exact) mass is 322 g/mol. The summed E-state index contributed by atoms with van der Waals surface area (Å²) in [6, 6.07) is 0.925. The van der Waals surface area contributed by atoms with Crippen molar-refractivity contribution in [2.45, 2.75) is 31.7 Å². The molecule has 0 aromatic carbocycles. The Morgan fingerprint density at radius 1 is 0.870 bits per heavy atom. The fraction of sp³-hybridized carbons (Fsp3) is 0.895. The first-order chi connectivity index (χ1) is 11.3. The van der Waals surface area contributed by atoms with E-state index in [1.807, 2.05) is 9.80 Å². The lowest BCUT2D eigenvalue weighted by Gasteiger charge is -2.38. The highest BCUT2D eigenvalue weighted by Gasteiger charge is 2.39. The molecule has 2 saturated heterocycles. The third kappa shape index (κ3) is 3.65. The van der Waals surface area contributed by atoms with Gasteiger partial charge in [0.15, 0.2) is 0 Å². The van der Waals surface area contributed by atoms with Crippen molar-refractivity contribution in [2.24, 2.45) is 17.8 Å². The van der Waals surface area contributed by atoms with E-state index in [1.54, 1.807) is 4.90 Å². The molecule has 3 atom stereocenters. The first-order valence-corrected chi connectivity index (χ1v) is 10.1. The number of fused-ring (bicyclic) bond motifs is 2. The molecule has 0 spiro atoms. The average molecular weight is 323 g/mol. The Morgan fingerprint density at radius 3 is 2.26 bits per heavy atom. The molecule has 0 aromatic rings. The molecule has 4 nitrogen and oxygen atoms in total. The van der Waals surface area contributed by atoms with E-state index in [0.717, 1.165) is 30.3 Å². The third-order valence-corrected chi connectivity index (χ3v) is 7.30. The van der Waals surface area contributed by atoms with Crippen LogP contribution in [0, 0.1) is 17.8 Å². The first-order valence-electron chi connectivity index (χ1n) is 10.1. The molecule has 2 aliphatic carbocycles. The van der Waals surface area contributed by atoms with Gasteiger partial charge in [0, 0.05) is 18.8 Å². The fourth-order valence-electron chi connectivity index (χ4n) is 5.88. The fourth-order valence-corrected chi connectivity index (χ4v) is 5.88. The predicted molar refractivity (Wildman–Crippen MR) is 90.8 cm³/mol. The second-order valence-corrected chi connectivity index (χ2v) is 8.65. The van der Waals surface area contributed by atoms with Crippen molar-refractivity contribution in [1.82, 2.24) is 0 Å². The molecule has 23 heavy (non-hydrogen) atoms. The molecule has 2 aliphatic heterocycles. The molecule has 4 aliphatic rings. The summed E-state index contributed by atoms with van der Waals surface area (Å²) < 4.78 is 0. The van der Waals surface area contributed by atoms with E-state index in [0.29, 0.717) is 6.61 Å². The van der Waals surface area contributed by atoms with Gasteiger partial charge in [-0.3, -0.25) is 0 Å². The zero-order valence-corrected chi connectivity index (χ0v) is 14.6. The van der Waals surface area contributed by atoms with E-state index in [-0.39, 0.29) is 0 Å². The lowest BCUT2D eigenvalue weighted by atomic mass is 9.92. The maximum atomic E-state index is 9.08. The van der Waals surface area contributed by atoms with Crippen molar-refractivity contribution in [3.8, 4) is 0 Å². The molecule has 4 rings (SSSR count). The highest BCUT2D eigenvalue weighted by atomic mass is 16.3. The van der Waals surface area contributed by atoms with E-state index in [1.165, 1.54) is 71.5 Å². The molecule has 130 valence electrons. The predicted octanol–water partition coefficient (Wildman–Crippen LogP) is -2.98. The Morgan fingerprint density at radius 2 is 1.65 bits per heavy atom. The van der Waals surface area contributed by atoms with Crippen molar-refractivity contribution in [3.63, 3.8) is 0 Å². The standard InChI is InChI=1S/C19H33N3O/c23-12-11-20-7-9-22(10-8-20)19-3-5-21(6-4-19)15-18-14-16-1-2-17(18)13-16/h1-2,16-19,23H,3-15H2/p+3. The zero-order chi connectivity index (χ0) is 15.6. The SMILES string of the molecule is OCC[NH+]1CC[NH+](C2CC[NH+](CC3CC4C=CC3C4)CC2)CC1. The Labute approximate surface area is 141 Å². The van der Waals surface area contributed by atoms with Gasteiger partial charge in [-0.05, 0) is 24.7 Å². The highest BCUT2D eigenvalue weighted by molar-refractivity contribution is 5.09. The minimum absolute atomic E-state index is 0.352. The largest absolute Gasteiger partial charge is 0.391 e. The number of hydrogen-bond donors (Lipinski definition) is 4. The topological polar surface area (TPSA) is 33.6 Å². The van der Waals surface area contributed by atoms with Crippen molar-refractivity contribution in [1.29, 1.82) is 0 Å². The van der Waals surface area contributed by atoms with Crippen LogP contribution in [0.2, 0.25) is 0 Å². The molecule has 2 heterocycles. The van der Waals surface area contributed by atoms with Crippen LogP contribution in [-0.4, -0.2) is 70.1 Å². The van der Waals surface area contributed by atoms with Crippen molar-refractivity contribution >= 4 is 0 Å². The van der Waals surface area contributed by atoms with Gasteiger partial charge in [0.1, 0.15) is 32.7 Å². The Bertz CT molecular complexity index is 411. The van der Waals surface area contributed by atoms with Crippen LogP contribution in [0.5, 0.6) is 0 Å². The number of piperazine rings is 1. The molecular weight excluding hydrogens is 286 g/mol. The van der Waals surface area contributed by atoms with E-state index < -0.39 is 0 Å². The van der Waals surface area contributed by atoms with Crippen LogP contribution in [0.1, 0.15) is 25.7 Å². The minimum atomic E-state index is 0.352. The van der Waals surface area contributed by atoms with E-state index in [4.69, 9.17) is 5.11 Å². The molecule has 1 saturated carbocycles. The number of allylic oxidation sites excluding steroid dienone is 2. The van der Waals surface area contributed by atoms with Crippen LogP contribution < -0.4 is 14.7 Å². The molecule has 4 N–H and O–H groups in total. The summed E-state index contributed by atoms with van der Waals surface area (Å²) in [5, 5.41) is 9.08. The van der Waals surface area contributed by atoms with Gasteiger partial charge in [-0.1, -0.05) is 12.2 Å². The number of hydrogen-bond acceptors (Lipinski definition) is 1. The summed E-state index contributed by atoms with van der Waals surface area (Å²) in [6.45, 7) is 10.8. The number of likely N-dealkylation sites (tertiary alicyclic amines) is 1. The second-order valence-electron chi connectivity index (χ2n) is 8.65. The molecule has 3 unspecified atom stereocenters. The van der Waals surface area contributed by atoms with Gasteiger partial charge in [-0.2, -0.15) is 0 Å². The van der Waals surface area contributed by atoms with Crippen molar-refractivity contribution < 1.29 is 19.8 Å². The number of aliphatic hydroxyl groups excluding tert-OH is 1. The van der Waals surface area contributed by atoms with Crippen LogP contribution in [0.3, 0.4) is 0 Å². The molecule has 0 aromatic heterocycles. The molecule has 3 fully saturated rings. The smallest absolute Gasteiger partial charge is 0.127 e. The number of quaternary nitrogens is 3. The number of piperidine rings is 1. The number of aliphatic hydroxyl groups is 1. The van der Waals surface area contributed by atoms with Gasteiger partial charge in [0.2, 0.25) is 0 Å². The normalized spacial score (nSPS) is 46.4. The van der Waals surface area contributed by atoms with Crippen molar-refractivity contribution in [3.05, 3.63) is 12.2 Å². The first kappa shape index (κ1) is 16.1. The van der Waals surface area contributed by atoms with E-state index in [2.05, 4.69) is 12.2 Å². The van der Waals surface area contributed by atoms with E-state index >= 15 is 0 Å². The number of nitrogens with one attached hydrogen (secondary N) is 3. The minimum Gasteiger partial charge on any atom is -0.391 e. The zero-order valence-electron chi connectivity index (χ0n) is 14.6. The summed E-state index contributed by atoms with van der Waals surface area (Å²) in [6.07, 6.45) is 10.8. The van der Waals surface area contributed by atoms with Crippen LogP contribution >= 0.6 is 0 Å². The van der Waals surface area contributed by atoms with Crippen LogP contribution in [0.25, 0.3) is 0 Å². The maximum absolute atomic E-state index is 9.08. The lowest BCUT2D eigenvalue weighted by Crippen LogP contribution is -3.30. The van der Waals surface area contributed by atoms with E-state index in [9.17, 15) is 0 Å². The molecule has 0 amide bonds.